The number of phenols is 1. The van der Waals surface area contributed by atoms with Gasteiger partial charge < -0.3 is 9.84 Å². The number of aryl methyl sites for hydroxylation is 1. The molecule has 2 rings (SSSR count). The van der Waals surface area contributed by atoms with E-state index in [-0.39, 0.29) is 17.3 Å². The summed E-state index contributed by atoms with van der Waals surface area (Å²) in [7, 11) is 1.46. The standard InChI is InChI=1S/C14H15BrN4O3/c1-7-8(2)17-14(18-13(7)21)19-16-6-9-4-10(15)5-11(22-3)12(9)20/h4-6,20H,1-3H3,(H2,17,18,19,21)/b16-6-. The van der Waals surface area contributed by atoms with Gasteiger partial charge in [0, 0.05) is 21.3 Å². The Kier molecular flexibility index (Phi) is 4.81. The smallest absolute Gasteiger partial charge is 0.255 e. The molecule has 0 aliphatic heterocycles. The number of methoxy groups -OCH3 is 1. The van der Waals surface area contributed by atoms with Crippen LogP contribution in [0.4, 0.5) is 5.95 Å². The second kappa shape index (κ2) is 6.61. The molecule has 0 atom stereocenters. The van der Waals surface area contributed by atoms with Gasteiger partial charge in [0.1, 0.15) is 0 Å². The van der Waals surface area contributed by atoms with Gasteiger partial charge in [-0.2, -0.15) is 5.10 Å². The zero-order valence-corrected chi connectivity index (χ0v) is 13.9. The van der Waals surface area contributed by atoms with E-state index in [0.29, 0.717) is 22.6 Å². The Morgan fingerprint density at radius 2 is 2.18 bits per heavy atom. The monoisotopic (exact) mass is 366 g/mol. The summed E-state index contributed by atoms with van der Waals surface area (Å²) in [5.41, 5.74) is 4.02. The Bertz CT molecular complexity index is 786. The SMILES string of the molecule is COc1cc(Br)cc(/C=N\Nc2nc(C)c(C)c(=O)[nH]2)c1O. The average Bonchev–Trinajstić information content (AvgIpc) is 2.47. The maximum absolute atomic E-state index is 11.6. The van der Waals surface area contributed by atoms with Crippen LogP contribution in [-0.4, -0.2) is 28.4 Å². The van der Waals surface area contributed by atoms with Crippen molar-refractivity contribution in [3.63, 3.8) is 0 Å². The lowest BCUT2D eigenvalue weighted by atomic mass is 10.2. The topological polar surface area (TPSA) is 99.6 Å². The van der Waals surface area contributed by atoms with Gasteiger partial charge in [0.05, 0.1) is 13.3 Å². The van der Waals surface area contributed by atoms with Crippen LogP contribution in [-0.2, 0) is 0 Å². The third kappa shape index (κ3) is 3.45. The molecule has 0 aliphatic carbocycles. The maximum Gasteiger partial charge on any atom is 0.255 e. The summed E-state index contributed by atoms with van der Waals surface area (Å²) in [5, 5.41) is 14.0. The lowest BCUT2D eigenvalue weighted by Crippen LogP contribution is -2.15. The molecule has 7 nitrogen and oxygen atoms in total. The molecule has 0 radical (unpaired) electrons. The summed E-state index contributed by atoms with van der Waals surface area (Å²) >= 11 is 3.32. The quantitative estimate of drug-likeness (QED) is 0.569. The molecule has 22 heavy (non-hydrogen) atoms. The third-order valence-electron chi connectivity index (χ3n) is 3.06. The number of benzene rings is 1. The highest BCUT2D eigenvalue weighted by molar-refractivity contribution is 9.10. The molecule has 1 heterocycles. The number of aromatic amines is 1. The number of H-pyrrole nitrogens is 1. The fourth-order valence-corrected chi connectivity index (χ4v) is 2.16. The van der Waals surface area contributed by atoms with E-state index < -0.39 is 0 Å². The first kappa shape index (κ1) is 16.0. The van der Waals surface area contributed by atoms with Gasteiger partial charge in [-0.1, -0.05) is 15.9 Å². The summed E-state index contributed by atoms with van der Waals surface area (Å²) in [6.45, 7) is 3.44. The summed E-state index contributed by atoms with van der Waals surface area (Å²) in [5.74, 6) is 0.525. The number of hydrazone groups is 1. The normalized spacial score (nSPS) is 10.9. The Morgan fingerprint density at radius 1 is 1.45 bits per heavy atom. The predicted octanol–water partition coefficient (Wildman–Crippen LogP) is 2.31. The fourth-order valence-electron chi connectivity index (χ4n) is 1.71. The van der Waals surface area contributed by atoms with Gasteiger partial charge in [0.15, 0.2) is 11.5 Å². The van der Waals surface area contributed by atoms with E-state index in [4.69, 9.17) is 4.74 Å². The van der Waals surface area contributed by atoms with Crippen LogP contribution >= 0.6 is 15.9 Å². The van der Waals surface area contributed by atoms with Gasteiger partial charge in [-0.3, -0.25) is 9.78 Å². The number of phenolic OH excluding ortho intramolecular Hbond substituents is 1. The van der Waals surface area contributed by atoms with Gasteiger partial charge in [-0.05, 0) is 26.0 Å². The first-order chi connectivity index (χ1) is 10.4. The molecule has 2 aromatic rings. The molecule has 0 aliphatic rings. The minimum Gasteiger partial charge on any atom is -0.504 e. The van der Waals surface area contributed by atoms with Crippen molar-refractivity contribution >= 4 is 28.1 Å². The minimum atomic E-state index is -0.225. The van der Waals surface area contributed by atoms with Crippen molar-refractivity contribution < 1.29 is 9.84 Å². The number of nitrogens with zero attached hydrogens (tertiary/aromatic N) is 2. The molecule has 0 saturated carbocycles. The number of hydrogen-bond acceptors (Lipinski definition) is 6. The summed E-state index contributed by atoms with van der Waals surface area (Å²) < 4.78 is 5.79. The van der Waals surface area contributed by atoms with Crippen molar-refractivity contribution in [1.82, 2.24) is 9.97 Å². The molecule has 0 spiro atoms. The van der Waals surface area contributed by atoms with Crippen LogP contribution in [0.25, 0.3) is 0 Å². The van der Waals surface area contributed by atoms with Crippen LogP contribution in [0, 0.1) is 13.8 Å². The van der Waals surface area contributed by atoms with Crippen LogP contribution in [0.1, 0.15) is 16.8 Å². The summed E-state index contributed by atoms with van der Waals surface area (Å²) in [6, 6.07) is 3.32. The highest BCUT2D eigenvalue weighted by Gasteiger charge is 2.08. The Hall–Kier alpha value is -2.35. The van der Waals surface area contributed by atoms with E-state index in [1.54, 1.807) is 26.0 Å². The number of rotatable bonds is 4. The average molecular weight is 367 g/mol. The second-order valence-electron chi connectivity index (χ2n) is 4.54. The maximum atomic E-state index is 11.6. The fraction of sp³-hybridized carbons (Fsp3) is 0.214. The van der Waals surface area contributed by atoms with Crippen molar-refractivity contribution in [1.29, 1.82) is 0 Å². The second-order valence-corrected chi connectivity index (χ2v) is 5.46. The van der Waals surface area contributed by atoms with E-state index in [1.807, 2.05) is 0 Å². The number of anilines is 1. The number of ether oxygens (including phenoxy) is 1. The lowest BCUT2D eigenvalue weighted by Gasteiger charge is -2.07. The molecule has 116 valence electrons. The summed E-state index contributed by atoms with van der Waals surface area (Å²) in [4.78, 5) is 18.4. The van der Waals surface area contributed by atoms with Gasteiger partial charge in [0.2, 0.25) is 5.95 Å². The number of aromatic nitrogens is 2. The Balaban J connectivity index is 2.23. The molecule has 0 bridgehead atoms. The number of halogens is 1. The highest BCUT2D eigenvalue weighted by Crippen LogP contribution is 2.32. The lowest BCUT2D eigenvalue weighted by molar-refractivity contribution is 0.373. The van der Waals surface area contributed by atoms with Crippen molar-refractivity contribution in [3.8, 4) is 11.5 Å². The number of nitrogens with one attached hydrogen (secondary N) is 2. The molecule has 3 N–H and O–H groups in total. The van der Waals surface area contributed by atoms with Crippen molar-refractivity contribution in [3.05, 3.63) is 43.8 Å². The minimum absolute atomic E-state index is 0.0298. The Morgan fingerprint density at radius 3 is 2.82 bits per heavy atom. The Labute approximate surface area is 135 Å². The first-order valence-electron chi connectivity index (χ1n) is 6.35. The predicted molar refractivity (Wildman–Crippen MR) is 87.9 cm³/mol. The van der Waals surface area contributed by atoms with Crippen LogP contribution in [0.3, 0.4) is 0 Å². The third-order valence-corrected chi connectivity index (χ3v) is 3.52. The van der Waals surface area contributed by atoms with Crippen molar-refractivity contribution in [2.24, 2.45) is 5.10 Å². The van der Waals surface area contributed by atoms with Gasteiger partial charge >= 0.3 is 0 Å². The van der Waals surface area contributed by atoms with Crippen LogP contribution < -0.4 is 15.7 Å². The van der Waals surface area contributed by atoms with E-state index in [2.05, 4.69) is 36.4 Å². The first-order valence-corrected chi connectivity index (χ1v) is 7.14. The van der Waals surface area contributed by atoms with Crippen molar-refractivity contribution in [2.75, 3.05) is 12.5 Å². The zero-order chi connectivity index (χ0) is 16.3. The molecule has 8 heteroatoms. The molecule has 0 unspecified atom stereocenters. The molecule has 0 amide bonds. The summed E-state index contributed by atoms with van der Waals surface area (Å²) in [6.07, 6.45) is 1.40. The van der Waals surface area contributed by atoms with Crippen LogP contribution in [0.15, 0.2) is 26.5 Å². The molecule has 0 saturated heterocycles. The number of aromatic hydroxyl groups is 1. The van der Waals surface area contributed by atoms with Gasteiger partial charge in [0.25, 0.3) is 5.56 Å². The van der Waals surface area contributed by atoms with Crippen molar-refractivity contribution in [2.45, 2.75) is 13.8 Å². The molecule has 1 aromatic carbocycles. The van der Waals surface area contributed by atoms with E-state index >= 15 is 0 Å². The largest absolute Gasteiger partial charge is 0.504 e. The molecule has 1 aromatic heterocycles. The van der Waals surface area contributed by atoms with E-state index in [0.717, 1.165) is 4.47 Å². The van der Waals surface area contributed by atoms with Crippen LogP contribution in [0.2, 0.25) is 0 Å². The molecular weight excluding hydrogens is 352 g/mol. The molecular formula is C14H15BrN4O3. The van der Waals surface area contributed by atoms with E-state index in [9.17, 15) is 9.90 Å². The van der Waals surface area contributed by atoms with Gasteiger partial charge in [-0.25, -0.2) is 10.4 Å². The van der Waals surface area contributed by atoms with Gasteiger partial charge in [-0.15, -0.1) is 0 Å². The highest BCUT2D eigenvalue weighted by atomic mass is 79.9. The zero-order valence-electron chi connectivity index (χ0n) is 12.3. The molecule has 0 fully saturated rings. The van der Waals surface area contributed by atoms with Crippen LogP contribution in [0.5, 0.6) is 11.5 Å². The van der Waals surface area contributed by atoms with E-state index in [1.165, 1.54) is 13.3 Å². The number of hydrogen-bond donors (Lipinski definition) is 3.